The van der Waals surface area contributed by atoms with E-state index in [1.807, 2.05) is 30.3 Å². The molecule has 0 heterocycles. The minimum absolute atomic E-state index is 0.654. The molecule has 0 bridgehead atoms. The highest BCUT2D eigenvalue weighted by atomic mass is 16.5. The molecule has 1 atom stereocenters. The van der Waals surface area contributed by atoms with E-state index in [9.17, 15) is 0 Å². The van der Waals surface area contributed by atoms with Crippen LogP contribution in [0.5, 0.6) is 5.75 Å². The fraction of sp³-hybridized carbons (Fsp3) is 0.600. The van der Waals surface area contributed by atoms with E-state index in [2.05, 4.69) is 0 Å². The average Bonchev–Trinajstić information content (AvgIpc) is 2.90. The van der Waals surface area contributed by atoms with Crippen molar-refractivity contribution in [3.8, 4) is 5.75 Å². The van der Waals surface area contributed by atoms with Gasteiger partial charge in [-0.05, 0) is 36.9 Å². The number of para-hydroxylation sites is 1. The monoisotopic (exact) mass is 233 g/mol. The number of nitrogens with two attached hydrogens (primary N) is 1. The second kappa shape index (κ2) is 6.65. The van der Waals surface area contributed by atoms with Crippen molar-refractivity contribution < 1.29 is 4.74 Å². The zero-order valence-corrected chi connectivity index (χ0v) is 10.5. The van der Waals surface area contributed by atoms with E-state index >= 15 is 0 Å². The van der Waals surface area contributed by atoms with E-state index < -0.39 is 0 Å². The number of rotatable bonds is 6. The van der Waals surface area contributed by atoms with Crippen molar-refractivity contribution in [2.75, 3.05) is 13.2 Å². The van der Waals surface area contributed by atoms with Crippen LogP contribution in [0, 0.1) is 11.8 Å². The van der Waals surface area contributed by atoms with Gasteiger partial charge < -0.3 is 10.5 Å². The van der Waals surface area contributed by atoms with Crippen LogP contribution in [0.4, 0.5) is 0 Å². The highest BCUT2D eigenvalue weighted by Crippen LogP contribution is 2.32. The van der Waals surface area contributed by atoms with Gasteiger partial charge in [-0.3, -0.25) is 0 Å². The zero-order chi connectivity index (χ0) is 11.9. The van der Waals surface area contributed by atoms with Crippen LogP contribution in [0.15, 0.2) is 30.3 Å². The van der Waals surface area contributed by atoms with E-state index in [1.165, 1.54) is 25.7 Å². The highest BCUT2D eigenvalue weighted by Gasteiger charge is 2.23. The third kappa shape index (κ3) is 3.74. The van der Waals surface area contributed by atoms with Crippen molar-refractivity contribution in [1.29, 1.82) is 0 Å². The summed E-state index contributed by atoms with van der Waals surface area (Å²) in [4.78, 5) is 0. The van der Waals surface area contributed by atoms with Gasteiger partial charge in [0, 0.05) is 0 Å². The average molecular weight is 233 g/mol. The van der Waals surface area contributed by atoms with Crippen LogP contribution in [-0.2, 0) is 0 Å². The van der Waals surface area contributed by atoms with Gasteiger partial charge in [0.1, 0.15) is 5.75 Å². The van der Waals surface area contributed by atoms with Crippen LogP contribution in [-0.4, -0.2) is 13.2 Å². The number of hydrogen-bond donors (Lipinski definition) is 1. The molecule has 1 aromatic rings. The normalized spacial score (nSPS) is 18.2. The fourth-order valence-corrected chi connectivity index (χ4v) is 2.82. The molecule has 2 heteroatoms. The molecule has 2 rings (SSSR count). The molecule has 0 saturated heterocycles. The first-order chi connectivity index (χ1) is 8.40. The van der Waals surface area contributed by atoms with Crippen molar-refractivity contribution >= 4 is 0 Å². The van der Waals surface area contributed by atoms with E-state index in [0.717, 1.165) is 31.2 Å². The van der Waals surface area contributed by atoms with Gasteiger partial charge in [0.15, 0.2) is 0 Å². The lowest BCUT2D eigenvalue weighted by Crippen LogP contribution is -2.23. The smallest absolute Gasteiger partial charge is 0.119 e. The fourth-order valence-electron chi connectivity index (χ4n) is 2.82. The van der Waals surface area contributed by atoms with Gasteiger partial charge >= 0.3 is 0 Å². The molecule has 2 N–H and O–H groups in total. The minimum Gasteiger partial charge on any atom is -0.494 e. The Balaban J connectivity index is 1.72. The molecule has 1 aromatic carbocycles. The van der Waals surface area contributed by atoms with Crippen LogP contribution in [0.25, 0.3) is 0 Å². The molecule has 1 aliphatic carbocycles. The summed E-state index contributed by atoms with van der Waals surface area (Å²) in [6, 6.07) is 10.0. The first-order valence-electron chi connectivity index (χ1n) is 6.78. The molecule has 0 spiro atoms. The van der Waals surface area contributed by atoms with Crippen molar-refractivity contribution in [3.63, 3.8) is 0 Å². The number of benzene rings is 1. The van der Waals surface area contributed by atoms with Gasteiger partial charge in [0.25, 0.3) is 0 Å². The Morgan fingerprint density at radius 1 is 1.18 bits per heavy atom. The van der Waals surface area contributed by atoms with Crippen LogP contribution < -0.4 is 10.5 Å². The second-order valence-corrected chi connectivity index (χ2v) is 4.99. The maximum Gasteiger partial charge on any atom is 0.119 e. The van der Waals surface area contributed by atoms with E-state index in [4.69, 9.17) is 10.5 Å². The third-order valence-electron chi connectivity index (χ3n) is 3.87. The Kier molecular flexibility index (Phi) is 4.87. The molecular formula is C15H23NO. The third-order valence-corrected chi connectivity index (χ3v) is 3.87. The Labute approximate surface area is 104 Å². The molecule has 0 radical (unpaired) electrons. The summed E-state index contributed by atoms with van der Waals surface area (Å²) in [5.74, 6) is 2.47. The van der Waals surface area contributed by atoms with Crippen molar-refractivity contribution in [1.82, 2.24) is 0 Å². The zero-order valence-electron chi connectivity index (χ0n) is 10.5. The van der Waals surface area contributed by atoms with Crippen molar-refractivity contribution in [2.45, 2.75) is 32.1 Å². The lowest BCUT2D eigenvalue weighted by atomic mass is 9.88. The molecular weight excluding hydrogens is 210 g/mol. The van der Waals surface area contributed by atoms with Gasteiger partial charge in [-0.25, -0.2) is 0 Å². The predicted molar refractivity (Wildman–Crippen MR) is 71.1 cm³/mol. The first-order valence-corrected chi connectivity index (χ1v) is 6.78. The van der Waals surface area contributed by atoms with Gasteiger partial charge in [-0.15, -0.1) is 0 Å². The molecule has 0 amide bonds. The number of ether oxygens (including phenoxy) is 1. The standard InChI is InChI=1S/C15H23NO/c16-12-14(13-6-4-5-7-13)10-11-17-15-8-2-1-3-9-15/h1-3,8-9,13-14H,4-7,10-12,16H2. The first kappa shape index (κ1) is 12.4. The maximum atomic E-state index is 5.88. The number of hydrogen-bond acceptors (Lipinski definition) is 2. The van der Waals surface area contributed by atoms with Gasteiger partial charge in [0.05, 0.1) is 6.61 Å². The van der Waals surface area contributed by atoms with E-state index in [0.29, 0.717) is 5.92 Å². The molecule has 1 aliphatic rings. The highest BCUT2D eigenvalue weighted by molar-refractivity contribution is 5.20. The summed E-state index contributed by atoms with van der Waals surface area (Å²) in [7, 11) is 0. The summed E-state index contributed by atoms with van der Waals surface area (Å²) in [6.07, 6.45) is 6.61. The Hall–Kier alpha value is -1.02. The largest absolute Gasteiger partial charge is 0.494 e. The molecule has 1 fully saturated rings. The molecule has 94 valence electrons. The molecule has 17 heavy (non-hydrogen) atoms. The molecule has 1 unspecified atom stereocenters. The summed E-state index contributed by atoms with van der Waals surface area (Å²) >= 11 is 0. The van der Waals surface area contributed by atoms with Crippen LogP contribution >= 0.6 is 0 Å². The van der Waals surface area contributed by atoms with Crippen LogP contribution in [0.1, 0.15) is 32.1 Å². The van der Waals surface area contributed by atoms with Gasteiger partial charge in [-0.1, -0.05) is 43.9 Å². The van der Waals surface area contributed by atoms with Crippen molar-refractivity contribution in [2.24, 2.45) is 17.6 Å². The summed E-state index contributed by atoms with van der Waals surface area (Å²) in [6.45, 7) is 1.60. The van der Waals surface area contributed by atoms with E-state index in [1.54, 1.807) is 0 Å². The second-order valence-electron chi connectivity index (χ2n) is 4.99. The summed E-state index contributed by atoms with van der Waals surface area (Å²) in [5.41, 5.74) is 5.88. The van der Waals surface area contributed by atoms with E-state index in [-0.39, 0.29) is 0 Å². The molecule has 0 aromatic heterocycles. The molecule has 0 aliphatic heterocycles. The molecule has 1 saturated carbocycles. The predicted octanol–water partition coefficient (Wildman–Crippen LogP) is 3.22. The van der Waals surface area contributed by atoms with Gasteiger partial charge in [-0.2, -0.15) is 0 Å². The van der Waals surface area contributed by atoms with Gasteiger partial charge in [0.2, 0.25) is 0 Å². The maximum absolute atomic E-state index is 5.88. The summed E-state index contributed by atoms with van der Waals surface area (Å²) in [5, 5.41) is 0. The Bertz CT molecular complexity index is 306. The lowest BCUT2D eigenvalue weighted by molar-refractivity contribution is 0.239. The summed E-state index contributed by atoms with van der Waals surface area (Å²) < 4.78 is 5.74. The quantitative estimate of drug-likeness (QED) is 0.818. The van der Waals surface area contributed by atoms with Crippen molar-refractivity contribution in [3.05, 3.63) is 30.3 Å². The van der Waals surface area contributed by atoms with Crippen LogP contribution in [0.2, 0.25) is 0 Å². The topological polar surface area (TPSA) is 35.2 Å². The Morgan fingerprint density at radius 2 is 1.88 bits per heavy atom. The SMILES string of the molecule is NCC(CCOc1ccccc1)C1CCCC1. The lowest BCUT2D eigenvalue weighted by Gasteiger charge is -2.21. The Morgan fingerprint density at radius 3 is 2.53 bits per heavy atom. The molecule has 2 nitrogen and oxygen atoms in total. The minimum atomic E-state index is 0.654. The van der Waals surface area contributed by atoms with Crippen LogP contribution in [0.3, 0.4) is 0 Å².